The number of hydrogen-bond donors (Lipinski definition) is 1. The SMILES string of the molecule is COc1ccc([N+](=O)[O-])cc1[N-]S(=O)(=O)c1cc(C(=O)NCc2ccc[nH+]c2)ccc1Cl. The van der Waals surface area contributed by atoms with Gasteiger partial charge in [0.25, 0.3) is 11.6 Å². The lowest BCUT2D eigenvalue weighted by Gasteiger charge is -2.24. The topological polar surface area (TPSA) is 144 Å². The molecule has 3 aromatic rings. The average molecular weight is 477 g/mol. The number of aromatic amines is 1. The van der Waals surface area contributed by atoms with Crippen molar-refractivity contribution in [3.8, 4) is 5.75 Å². The van der Waals surface area contributed by atoms with Crippen molar-refractivity contribution in [1.82, 2.24) is 5.32 Å². The molecule has 3 rings (SSSR count). The summed E-state index contributed by atoms with van der Waals surface area (Å²) in [6.45, 7) is 0.218. The molecule has 0 fully saturated rings. The van der Waals surface area contributed by atoms with Gasteiger partial charge in [-0.05, 0) is 30.3 Å². The maximum Gasteiger partial charge on any atom is 0.268 e. The molecule has 0 aliphatic rings. The molecule has 1 heterocycles. The third kappa shape index (κ3) is 5.31. The van der Waals surface area contributed by atoms with Crippen LogP contribution in [0.5, 0.6) is 5.75 Å². The lowest BCUT2D eigenvalue weighted by Crippen LogP contribution is -2.23. The van der Waals surface area contributed by atoms with Crippen LogP contribution in [0.2, 0.25) is 5.02 Å². The van der Waals surface area contributed by atoms with Gasteiger partial charge >= 0.3 is 0 Å². The van der Waals surface area contributed by atoms with Crippen molar-refractivity contribution in [2.24, 2.45) is 0 Å². The molecule has 1 amide bonds. The van der Waals surface area contributed by atoms with Crippen LogP contribution in [-0.2, 0) is 16.6 Å². The number of nitro groups is 1. The number of nitrogens with zero attached hydrogens (tertiary/aromatic N) is 2. The van der Waals surface area contributed by atoms with Crippen molar-refractivity contribution in [3.63, 3.8) is 0 Å². The minimum atomic E-state index is -4.44. The first-order valence-corrected chi connectivity index (χ1v) is 10.9. The molecule has 0 radical (unpaired) electrons. The number of sulfonamides is 1. The number of carbonyl (C=O) groups excluding carboxylic acids is 1. The summed E-state index contributed by atoms with van der Waals surface area (Å²) in [5.74, 6) is -0.501. The van der Waals surface area contributed by atoms with E-state index in [-0.39, 0.29) is 34.3 Å². The third-order valence-electron chi connectivity index (χ3n) is 4.29. The van der Waals surface area contributed by atoms with E-state index < -0.39 is 25.7 Å². The molecule has 166 valence electrons. The van der Waals surface area contributed by atoms with Crippen molar-refractivity contribution < 1.29 is 27.9 Å². The predicted molar refractivity (Wildman–Crippen MR) is 115 cm³/mol. The van der Waals surface area contributed by atoms with E-state index in [1.54, 1.807) is 24.5 Å². The smallest absolute Gasteiger partial charge is 0.268 e. The van der Waals surface area contributed by atoms with Crippen molar-refractivity contribution in [2.75, 3.05) is 7.11 Å². The van der Waals surface area contributed by atoms with E-state index in [0.29, 0.717) is 0 Å². The number of nitro benzene ring substituents is 1. The van der Waals surface area contributed by atoms with E-state index >= 15 is 0 Å². The average Bonchev–Trinajstić information content (AvgIpc) is 2.78. The van der Waals surface area contributed by atoms with Crippen LogP contribution in [-0.4, -0.2) is 26.4 Å². The Morgan fingerprint density at radius 1 is 1.25 bits per heavy atom. The van der Waals surface area contributed by atoms with Crippen LogP contribution >= 0.6 is 11.6 Å². The largest absolute Gasteiger partial charge is 0.569 e. The van der Waals surface area contributed by atoms with Gasteiger partial charge < -0.3 is 14.8 Å². The van der Waals surface area contributed by atoms with Crippen molar-refractivity contribution >= 4 is 38.9 Å². The maximum absolute atomic E-state index is 12.9. The Labute approximate surface area is 188 Å². The fourth-order valence-electron chi connectivity index (χ4n) is 2.71. The standard InChI is InChI=1S/C20H16ClN4O6S/c1-31-18-7-5-15(25(27)28)10-17(18)24-32(29,30)19-9-14(4-6-16(19)21)20(26)23-12-13-3-2-8-22-11-13/h2-11H,12H2,1H3,(H,23,26)/q-1/p+1. The van der Waals surface area contributed by atoms with Crippen LogP contribution in [0.25, 0.3) is 4.72 Å². The summed E-state index contributed by atoms with van der Waals surface area (Å²) in [7, 11) is -3.16. The fraction of sp³-hybridized carbons (Fsp3) is 0.100. The van der Waals surface area contributed by atoms with Crippen molar-refractivity contribution in [2.45, 2.75) is 11.4 Å². The molecule has 0 bridgehead atoms. The zero-order chi connectivity index (χ0) is 23.3. The van der Waals surface area contributed by atoms with Gasteiger partial charge in [0.1, 0.15) is 15.8 Å². The highest BCUT2D eigenvalue weighted by molar-refractivity contribution is 7.94. The summed E-state index contributed by atoms with van der Waals surface area (Å²) in [5, 5.41) is 13.6. The molecule has 0 saturated heterocycles. The minimum absolute atomic E-state index is 0.0175. The Hall–Kier alpha value is -3.70. The number of pyridine rings is 1. The van der Waals surface area contributed by atoms with E-state index in [1.807, 2.05) is 0 Å². The van der Waals surface area contributed by atoms with Crippen LogP contribution in [0.3, 0.4) is 0 Å². The third-order valence-corrected chi connectivity index (χ3v) is 6.06. The fourth-order valence-corrected chi connectivity index (χ4v) is 4.21. The summed E-state index contributed by atoms with van der Waals surface area (Å²) >= 11 is 6.07. The van der Waals surface area contributed by atoms with Gasteiger partial charge in [0.2, 0.25) is 0 Å². The van der Waals surface area contributed by atoms with Crippen molar-refractivity contribution in [1.29, 1.82) is 0 Å². The monoisotopic (exact) mass is 476 g/mol. The molecule has 0 unspecified atom stereocenters. The zero-order valence-corrected chi connectivity index (χ0v) is 18.2. The molecule has 0 aliphatic carbocycles. The van der Waals surface area contributed by atoms with Gasteiger partial charge in [-0.1, -0.05) is 17.3 Å². The van der Waals surface area contributed by atoms with Crippen LogP contribution in [0.4, 0.5) is 11.4 Å². The van der Waals surface area contributed by atoms with E-state index in [1.165, 1.54) is 25.3 Å². The number of ether oxygens (including phenoxy) is 1. The number of carbonyl (C=O) groups is 1. The van der Waals surface area contributed by atoms with E-state index in [9.17, 15) is 23.3 Å². The molecule has 12 heteroatoms. The maximum atomic E-state index is 12.9. The van der Waals surface area contributed by atoms with Gasteiger partial charge in [0.05, 0.1) is 22.0 Å². The predicted octanol–water partition coefficient (Wildman–Crippen LogP) is 3.40. The number of nitrogens with one attached hydrogen (secondary N) is 2. The second-order valence-corrected chi connectivity index (χ2v) is 8.40. The van der Waals surface area contributed by atoms with Gasteiger partial charge in [0, 0.05) is 35.9 Å². The second-order valence-electron chi connectivity index (χ2n) is 6.42. The summed E-state index contributed by atoms with van der Waals surface area (Å²) in [4.78, 5) is 25.3. The number of rotatable bonds is 8. The lowest BCUT2D eigenvalue weighted by atomic mass is 10.2. The lowest BCUT2D eigenvalue weighted by molar-refractivity contribution is -0.384. The van der Waals surface area contributed by atoms with Crippen LogP contribution < -0.4 is 15.0 Å². The van der Waals surface area contributed by atoms with Gasteiger partial charge in [-0.15, -0.1) is 0 Å². The Kier molecular flexibility index (Phi) is 6.91. The molecule has 0 aliphatic heterocycles. The number of non-ortho nitro benzene ring substituents is 1. The Bertz CT molecular complexity index is 1270. The molecule has 0 saturated carbocycles. The van der Waals surface area contributed by atoms with Gasteiger partial charge in [-0.3, -0.25) is 14.9 Å². The molecule has 1 aromatic heterocycles. The Morgan fingerprint density at radius 2 is 2.03 bits per heavy atom. The van der Waals surface area contributed by atoms with Crippen LogP contribution in [0.15, 0.2) is 65.8 Å². The van der Waals surface area contributed by atoms with Crippen molar-refractivity contribution in [3.05, 3.63) is 91.9 Å². The minimum Gasteiger partial charge on any atom is -0.569 e. The number of amides is 1. The highest BCUT2D eigenvalue weighted by Gasteiger charge is 2.17. The molecule has 0 spiro atoms. The second kappa shape index (κ2) is 9.62. The van der Waals surface area contributed by atoms with Crippen LogP contribution in [0, 0.1) is 10.1 Å². The van der Waals surface area contributed by atoms with Crippen LogP contribution in [0.1, 0.15) is 15.9 Å². The van der Waals surface area contributed by atoms with E-state index in [2.05, 4.69) is 15.0 Å². The quantitative estimate of drug-likeness (QED) is 0.389. The number of H-pyrrole nitrogens is 1. The van der Waals surface area contributed by atoms with E-state index in [0.717, 1.165) is 23.8 Å². The van der Waals surface area contributed by atoms with Gasteiger partial charge in [0.15, 0.2) is 12.4 Å². The normalized spacial score (nSPS) is 10.9. The Balaban J connectivity index is 1.88. The molecule has 0 atom stereocenters. The van der Waals surface area contributed by atoms with Gasteiger partial charge in [-0.25, -0.2) is 13.4 Å². The summed E-state index contributed by atoms with van der Waals surface area (Å²) in [6, 6.07) is 10.7. The number of aromatic nitrogens is 1. The molecule has 2 aromatic carbocycles. The highest BCUT2D eigenvalue weighted by atomic mass is 35.5. The number of hydrogen-bond acceptors (Lipinski definition) is 6. The first-order valence-electron chi connectivity index (χ1n) is 9.04. The molecular formula is C20H17ClN4O6S. The Morgan fingerprint density at radius 3 is 2.69 bits per heavy atom. The molecular weight excluding hydrogens is 460 g/mol. The first-order chi connectivity index (χ1) is 15.2. The summed E-state index contributed by atoms with van der Waals surface area (Å²) in [5.41, 5.74) is 0.231. The zero-order valence-electron chi connectivity index (χ0n) is 16.6. The number of benzene rings is 2. The molecule has 10 nitrogen and oxygen atoms in total. The number of methoxy groups -OCH3 is 1. The highest BCUT2D eigenvalue weighted by Crippen LogP contribution is 2.40. The molecule has 2 N–H and O–H groups in total. The summed E-state index contributed by atoms with van der Waals surface area (Å²) < 4.78 is 34.5. The summed E-state index contributed by atoms with van der Waals surface area (Å²) in [6.07, 6.45) is 3.44. The van der Waals surface area contributed by atoms with E-state index in [4.69, 9.17) is 16.3 Å². The number of halogens is 1. The first kappa shape index (κ1) is 23.0. The molecule has 32 heavy (non-hydrogen) atoms. The van der Waals surface area contributed by atoms with Gasteiger partial charge in [-0.2, -0.15) is 0 Å².